The maximum absolute atomic E-state index is 11.9. The van der Waals surface area contributed by atoms with E-state index in [-0.39, 0.29) is 11.8 Å². The first kappa shape index (κ1) is 11.1. The minimum absolute atomic E-state index is 0.128. The molecule has 16 heavy (non-hydrogen) atoms. The van der Waals surface area contributed by atoms with Crippen molar-refractivity contribution < 1.29 is 4.79 Å². The highest BCUT2D eigenvalue weighted by Gasteiger charge is 2.28. The smallest absolute Gasteiger partial charge is 0.224 e. The Morgan fingerprint density at radius 1 is 1.38 bits per heavy atom. The van der Waals surface area contributed by atoms with Crippen LogP contribution in [0.15, 0.2) is 30.3 Å². The molecule has 1 fully saturated rings. The van der Waals surface area contributed by atoms with Gasteiger partial charge in [0.15, 0.2) is 0 Å². The monoisotopic (exact) mass is 218 g/mol. The van der Waals surface area contributed by atoms with Crippen molar-refractivity contribution in [2.24, 2.45) is 11.8 Å². The lowest BCUT2D eigenvalue weighted by Gasteiger charge is -2.14. The zero-order chi connectivity index (χ0) is 11.4. The second kappa shape index (κ2) is 5.12. The molecule has 0 aromatic heterocycles. The molecule has 0 saturated carbocycles. The number of hydrogen-bond donors (Lipinski definition) is 2. The second-order valence-electron chi connectivity index (χ2n) is 4.45. The Morgan fingerprint density at radius 2 is 2.12 bits per heavy atom. The molecule has 1 aliphatic heterocycles. The summed E-state index contributed by atoms with van der Waals surface area (Å²) in [7, 11) is 0. The van der Waals surface area contributed by atoms with Gasteiger partial charge in [-0.25, -0.2) is 0 Å². The average Bonchev–Trinajstić information content (AvgIpc) is 2.74. The summed E-state index contributed by atoms with van der Waals surface area (Å²) >= 11 is 0. The van der Waals surface area contributed by atoms with Crippen molar-refractivity contribution in [2.75, 3.05) is 13.1 Å². The largest absolute Gasteiger partial charge is 0.352 e. The van der Waals surface area contributed by atoms with Crippen LogP contribution in [0.4, 0.5) is 0 Å². The van der Waals surface area contributed by atoms with E-state index in [4.69, 9.17) is 0 Å². The third-order valence-corrected chi connectivity index (χ3v) is 3.16. The summed E-state index contributed by atoms with van der Waals surface area (Å²) in [6.07, 6.45) is 0. The van der Waals surface area contributed by atoms with Crippen molar-refractivity contribution in [1.29, 1.82) is 0 Å². The van der Waals surface area contributed by atoms with E-state index in [1.165, 1.54) is 0 Å². The topological polar surface area (TPSA) is 41.1 Å². The van der Waals surface area contributed by atoms with E-state index >= 15 is 0 Å². The minimum Gasteiger partial charge on any atom is -0.352 e. The SMILES string of the molecule is CC1CNCC1C(=O)NCc1ccccc1. The van der Waals surface area contributed by atoms with Crippen molar-refractivity contribution in [2.45, 2.75) is 13.5 Å². The standard InChI is InChI=1S/C13H18N2O/c1-10-7-14-9-12(10)13(16)15-8-11-5-3-2-4-6-11/h2-6,10,12,14H,7-9H2,1H3,(H,15,16). The molecule has 1 amide bonds. The van der Waals surface area contributed by atoms with Gasteiger partial charge in [0, 0.05) is 13.1 Å². The van der Waals surface area contributed by atoms with Crippen LogP contribution < -0.4 is 10.6 Å². The van der Waals surface area contributed by atoms with E-state index < -0.39 is 0 Å². The first-order valence-electron chi connectivity index (χ1n) is 5.79. The van der Waals surface area contributed by atoms with Gasteiger partial charge in [0.2, 0.25) is 5.91 Å². The number of amides is 1. The lowest BCUT2D eigenvalue weighted by Crippen LogP contribution is -2.33. The van der Waals surface area contributed by atoms with Gasteiger partial charge >= 0.3 is 0 Å². The zero-order valence-corrected chi connectivity index (χ0v) is 9.57. The first-order valence-corrected chi connectivity index (χ1v) is 5.79. The Balaban J connectivity index is 1.84. The van der Waals surface area contributed by atoms with E-state index in [9.17, 15) is 4.79 Å². The molecule has 0 radical (unpaired) electrons. The summed E-state index contributed by atoms with van der Waals surface area (Å²) in [6.45, 7) is 4.50. The maximum Gasteiger partial charge on any atom is 0.224 e. The van der Waals surface area contributed by atoms with E-state index in [0.29, 0.717) is 12.5 Å². The Morgan fingerprint density at radius 3 is 2.75 bits per heavy atom. The van der Waals surface area contributed by atoms with Gasteiger partial charge in [0.05, 0.1) is 5.92 Å². The maximum atomic E-state index is 11.9. The molecule has 86 valence electrons. The molecular formula is C13H18N2O. The van der Waals surface area contributed by atoms with Crippen LogP contribution in [0, 0.1) is 11.8 Å². The second-order valence-corrected chi connectivity index (χ2v) is 4.45. The molecule has 1 heterocycles. The van der Waals surface area contributed by atoms with Crippen molar-refractivity contribution in [1.82, 2.24) is 10.6 Å². The molecule has 1 aromatic carbocycles. The lowest BCUT2D eigenvalue weighted by molar-refractivity contribution is -0.125. The molecule has 2 unspecified atom stereocenters. The van der Waals surface area contributed by atoms with Crippen molar-refractivity contribution in [3.05, 3.63) is 35.9 Å². The van der Waals surface area contributed by atoms with Crippen LogP contribution in [0.5, 0.6) is 0 Å². The molecule has 2 atom stereocenters. The van der Waals surface area contributed by atoms with Gasteiger partial charge in [-0.15, -0.1) is 0 Å². The summed E-state index contributed by atoms with van der Waals surface area (Å²) in [5, 5.41) is 6.23. The molecule has 1 saturated heterocycles. The molecule has 0 spiro atoms. The van der Waals surface area contributed by atoms with Crippen LogP contribution in [-0.2, 0) is 11.3 Å². The zero-order valence-electron chi connectivity index (χ0n) is 9.57. The van der Waals surface area contributed by atoms with Gasteiger partial charge in [0.25, 0.3) is 0 Å². The van der Waals surface area contributed by atoms with E-state index in [1.54, 1.807) is 0 Å². The van der Waals surface area contributed by atoms with Crippen LogP contribution in [0.1, 0.15) is 12.5 Å². The molecule has 0 aliphatic carbocycles. The van der Waals surface area contributed by atoms with Crippen LogP contribution in [0.2, 0.25) is 0 Å². The fraction of sp³-hybridized carbons (Fsp3) is 0.462. The van der Waals surface area contributed by atoms with Gasteiger partial charge in [-0.3, -0.25) is 4.79 Å². The highest BCUT2D eigenvalue weighted by molar-refractivity contribution is 5.79. The number of carbonyl (C=O) groups excluding carboxylic acids is 1. The first-order chi connectivity index (χ1) is 7.77. The molecule has 2 rings (SSSR count). The Labute approximate surface area is 96.2 Å². The lowest BCUT2D eigenvalue weighted by atomic mass is 9.97. The van der Waals surface area contributed by atoms with Crippen LogP contribution >= 0.6 is 0 Å². The van der Waals surface area contributed by atoms with Gasteiger partial charge in [-0.1, -0.05) is 37.3 Å². The van der Waals surface area contributed by atoms with E-state index in [1.807, 2.05) is 30.3 Å². The highest BCUT2D eigenvalue weighted by atomic mass is 16.1. The number of nitrogens with one attached hydrogen (secondary N) is 2. The summed E-state index contributed by atoms with van der Waals surface area (Å²) in [5.41, 5.74) is 1.15. The summed E-state index contributed by atoms with van der Waals surface area (Å²) in [4.78, 5) is 11.9. The van der Waals surface area contributed by atoms with Gasteiger partial charge in [0.1, 0.15) is 0 Å². The Bertz CT molecular complexity index is 350. The summed E-state index contributed by atoms with van der Waals surface area (Å²) in [5.74, 6) is 0.737. The van der Waals surface area contributed by atoms with Crippen molar-refractivity contribution >= 4 is 5.91 Å². The fourth-order valence-electron chi connectivity index (χ4n) is 2.08. The molecule has 2 N–H and O–H groups in total. The van der Waals surface area contributed by atoms with Gasteiger partial charge in [-0.05, 0) is 18.0 Å². The van der Waals surface area contributed by atoms with Gasteiger partial charge in [-0.2, -0.15) is 0 Å². The highest BCUT2D eigenvalue weighted by Crippen LogP contribution is 2.15. The Kier molecular flexibility index (Phi) is 3.57. The van der Waals surface area contributed by atoms with Crippen LogP contribution in [0.25, 0.3) is 0 Å². The fourth-order valence-corrected chi connectivity index (χ4v) is 2.08. The molecule has 1 aliphatic rings. The quantitative estimate of drug-likeness (QED) is 0.799. The van der Waals surface area contributed by atoms with Crippen molar-refractivity contribution in [3.63, 3.8) is 0 Å². The van der Waals surface area contributed by atoms with Crippen molar-refractivity contribution in [3.8, 4) is 0 Å². The predicted octanol–water partition coefficient (Wildman–Crippen LogP) is 1.16. The average molecular weight is 218 g/mol. The van der Waals surface area contributed by atoms with Crippen LogP contribution in [-0.4, -0.2) is 19.0 Å². The minimum atomic E-state index is 0.128. The summed E-state index contributed by atoms with van der Waals surface area (Å²) in [6, 6.07) is 10.0. The molecule has 3 nitrogen and oxygen atoms in total. The molecule has 3 heteroatoms. The van der Waals surface area contributed by atoms with E-state index in [2.05, 4.69) is 17.6 Å². The summed E-state index contributed by atoms with van der Waals surface area (Å²) < 4.78 is 0. The van der Waals surface area contributed by atoms with Crippen LogP contribution in [0.3, 0.4) is 0 Å². The predicted molar refractivity (Wildman–Crippen MR) is 63.8 cm³/mol. The number of rotatable bonds is 3. The third kappa shape index (κ3) is 2.61. The molecule has 0 bridgehead atoms. The number of hydrogen-bond acceptors (Lipinski definition) is 2. The third-order valence-electron chi connectivity index (χ3n) is 3.16. The van der Waals surface area contributed by atoms with E-state index in [0.717, 1.165) is 18.7 Å². The Hall–Kier alpha value is -1.35. The number of benzene rings is 1. The molecule has 1 aromatic rings. The van der Waals surface area contributed by atoms with Gasteiger partial charge < -0.3 is 10.6 Å². The number of carbonyl (C=O) groups is 1. The normalized spacial score (nSPS) is 24.3. The molecular weight excluding hydrogens is 200 g/mol.